The van der Waals surface area contributed by atoms with E-state index in [0.29, 0.717) is 10.6 Å². The van der Waals surface area contributed by atoms with Gasteiger partial charge in [0.05, 0.1) is 0 Å². The second-order valence-corrected chi connectivity index (χ2v) is 4.88. The summed E-state index contributed by atoms with van der Waals surface area (Å²) in [6.07, 6.45) is 5.77. The molecule has 1 aromatic rings. The highest BCUT2D eigenvalue weighted by Gasteiger charge is 2.13. The first-order chi connectivity index (χ1) is 8.08. The monoisotopic (exact) mass is 250 g/mol. The van der Waals surface area contributed by atoms with Gasteiger partial charge in [-0.25, -0.2) is 4.79 Å². The number of aryl methyl sites for hydroxylation is 2. The molecule has 3 heteroatoms. The minimum absolute atomic E-state index is 0.653. The number of benzene rings is 1. The normalized spacial score (nSPS) is 15.5. The van der Waals surface area contributed by atoms with Crippen molar-refractivity contribution >= 4 is 23.1 Å². The van der Waals surface area contributed by atoms with Crippen LogP contribution in [0.3, 0.4) is 0 Å². The lowest BCUT2D eigenvalue weighted by molar-refractivity contribution is -0.131. The van der Waals surface area contributed by atoms with Gasteiger partial charge in [-0.2, -0.15) is 0 Å². The Balaban J connectivity index is 2.45. The highest BCUT2D eigenvalue weighted by Crippen LogP contribution is 2.31. The maximum absolute atomic E-state index is 10.7. The van der Waals surface area contributed by atoms with Crippen LogP contribution in [0.15, 0.2) is 18.2 Å². The average molecular weight is 251 g/mol. The molecule has 17 heavy (non-hydrogen) atoms. The van der Waals surface area contributed by atoms with Crippen molar-refractivity contribution in [3.8, 4) is 0 Å². The maximum atomic E-state index is 10.7. The summed E-state index contributed by atoms with van der Waals surface area (Å²) in [4.78, 5) is 10.7. The molecule has 2 rings (SSSR count). The largest absolute Gasteiger partial charge is 0.478 e. The molecule has 1 aliphatic carbocycles. The van der Waals surface area contributed by atoms with Crippen LogP contribution in [-0.4, -0.2) is 11.1 Å². The Morgan fingerprint density at radius 2 is 1.88 bits per heavy atom. The van der Waals surface area contributed by atoms with Crippen molar-refractivity contribution in [1.29, 1.82) is 0 Å². The van der Waals surface area contributed by atoms with Gasteiger partial charge in [0.1, 0.15) is 0 Å². The quantitative estimate of drug-likeness (QED) is 0.813. The fourth-order valence-electron chi connectivity index (χ4n) is 2.32. The number of hydrogen-bond acceptors (Lipinski definition) is 1. The van der Waals surface area contributed by atoms with Gasteiger partial charge in [-0.3, -0.25) is 0 Å². The molecule has 0 spiro atoms. The molecule has 0 aliphatic heterocycles. The lowest BCUT2D eigenvalue weighted by Crippen LogP contribution is -2.03. The molecule has 0 amide bonds. The zero-order valence-electron chi connectivity index (χ0n) is 9.79. The van der Waals surface area contributed by atoms with Crippen molar-refractivity contribution in [2.75, 3.05) is 0 Å². The van der Waals surface area contributed by atoms with Crippen molar-refractivity contribution < 1.29 is 9.90 Å². The van der Waals surface area contributed by atoms with Gasteiger partial charge in [-0.1, -0.05) is 11.6 Å². The standard InChI is InChI=1S/C14H15ClO2/c1-9(6-14(16)17)12-7-10-4-2-3-5-11(10)8-13(12)15/h6-8H,2-5H2,1H3,(H,16,17)/b9-6+. The fraction of sp³-hybridized carbons (Fsp3) is 0.357. The fourth-order valence-corrected chi connectivity index (χ4v) is 2.66. The van der Waals surface area contributed by atoms with E-state index in [0.717, 1.165) is 18.4 Å². The summed E-state index contributed by atoms with van der Waals surface area (Å²) in [5, 5.41) is 9.41. The first-order valence-corrected chi connectivity index (χ1v) is 6.18. The van der Waals surface area contributed by atoms with Crippen LogP contribution < -0.4 is 0 Å². The molecular formula is C14H15ClO2. The van der Waals surface area contributed by atoms with Gasteiger partial charge >= 0.3 is 5.97 Å². The van der Waals surface area contributed by atoms with E-state index in [4.69, 9.17) is 16.7 Å². The predicted octanol–water partition coefficient (Wildman–Crippen LogP) is 3.71. The lowest BCUT2D eigenvalue weighted by atomic mass is 9.89. The molecule has 0 heterocycles. The van der Waals surface area contributed by atoms with Crippen molar-refractivity contribution in [2.24, 2.45) is 0 Å². The number of rotatable bonds is 2. The zero-order valence-corrected chi connectivity index (χ0v) is 10.5. The maximum Gasteiger partial charge on any atom is 0.328 e. The Bertz CT molecular complexity index is 489. The lowest BCUT2D eigenvalue weighted by Gasteiger charge is -2.18. The molecule has 0 aromatic heterocycles. The third-order valence-electron chi connectivity index (χ3n) is 3.20. The summed E-state index contributed by atoms with van der Waals surface area (Å²) >= 11 is 6.21. The van der Waals surface area contributed by atoms with Gasteiger partial charge < -0.3 is 5.11 Å². The topological polar surface area (TPSA) is 37.3 Å². The van der Waals surface area contributed by atoms with Crippen LogP contribution in [0.2, 0.25) is 5.02 Å². The van der Waals surface area contributed by atoms with Crippen LogP contribution >= 0.6 is 11.6 Å². The molecule has 0 bridgehead atoms. The van der Waals surface area contributed by atoms with Gasteiger partial charge in [0.2, 0.25) is 0 Å². The molecule has 2 nitrogen and oxygen atoms in total. The van der Waals surface area contributed by atoms with Crippen LogP contribution in [0.1, 0.15) is 36.5 Å². The summed E-state index contributed by atoms with van der Waals surface area (Å²) in [5.74, 6) is -0.934. The second-order valence-electron chi connectivity index (χ2n) is 4.47. The van der Waals surface area contributed by atoms with Crippen molar-refractivity contribution in [2.45, 2.75) is 32.6 Å². The van der Waals surface area contributed by atoms with E-state index in [1.54, 1.807) is 6.92 Å². The van der Waals surface area contributed by atoms with Crippen molar-refractivity contribution in [1.82, 2.24) is 0 Å². The van der Waals surface area contributed by atoms with Gasteiger partial charge in [0.15, 0.2) is 0 Å². The minimum Gasteiger partial charge on any atom is -0.478 e. The number of carboxylic acids is 1. The Kier molecular flexibility index (Phi) is 3.53. The van der Waals surface area contributed by atoms with Crippen LogP contribution in [0.25, 0.3) is 5.57 Å². The number of hydrogen-bond donors (Lipinski definition) is 1. The molecule has 1 aliphatic rings. The molecule has 1 N–H and O–H groups in total. The molecule has 0 radical (unpaired) electrons. The van der Waals surface area contributed by atoms with Crippen LogP contribution in [-0.2, 0) is 17.6 Å². The van der Waals surface area contributed by atoms with Crippen LogP contribution in [0, 0.1) is 0 Å². The Hall–Kier alpha value is -1.28. The van der Waals surface area contributed by atoms with E-state index in [-0.39, 0.29) is 0 Å². The van der Waals surface area contributed by atoms with Crippen molar-refractivity contribution in [3.05, 3.63) is 39.9 Å². The summed E-state index contributed by atoms with van der Waals surface area (Å²) in [7, 11) is 0. The molecule has 1 aromatic carbocycles. The Morgan fingerprint density at radius 3 is 2.47 bits per heavy atom. The molecule has 90 valence electrons. The summed E-state index contributed by atoms with van der Waals surface area (Å²) in [5.41, 5.74) is 4.17. The molecule has 0 unspecified atom stereocenters. The third kappa shape index (κ3) is 2.70. The Labute approximate surface area is 106 Å². The summed E-state index contributed by atoms with van der Waals surface area (Å²) in [6.45, 7) is 1.78. The van der Waals surface area contributed by atoms with Crippen LogP contribution in [0.5, 0.6) is 0 Å². The number of halogens is 1. The van der Waals surface area contributed by atoms with Gasteiger partial charge in [-0.15, -0.1) is 0 Å². The van der Waals surface area contributed by atoms with Crippen LogP contribution in [0.4, 0.5) is 0 Å². The Morgan fingerprint density at radius 1 is 1.29 bits per heavy atom. The van der Waals surface area contributed by atoms with E-state index in [1.807, 2.05) is 12.1 Å². The first kappa shape index (κ1) is 12.2. The number of aliphatic carboxylic acids is 1. The second kappa shape index (κ2) is 4.92. The highest BCUT2D eigenvalue weighted by molar-refractivity contribution is 6.32. The number of carboxylic acid groups (broad SMARTS) is 1. The first-order valence-electron chi connectivity index (χ1n) is 5.81. The number of allylic oxidation sites excluding steroid dienone is 1. The molecule has 0 fully saturated rings. The summed E-state index contributed by atoms with van der Waals surface area (Å²) < 4.78 is 0. The molecular weight excluding hydrogens is 236 g/mol. The third-order valence-corrected chi connectivity index (χ3v) is 3.51. The van der Waals surface area contributed by atoms with Gasteiger partial charge in [-0.05, 0) is 67.0 Å². The SMILES string of the molecule is C/C(=C\C(=O)O)c1cc2c(cc1Cl)CCCC2. The predicted molar refractivity (Wildman–Crippen MR) is 69.4 cm³/mol. The number of carbonyl (C=O) groups is 1. The van der Waals surface area contributed by atoms with E-state index in [2.05, 4.69) is 0 Å². The summed E-state index contributed by atoms with van der Waals surface area (Å²) in [6, 6.07) is 4.04. The van der Waals surface area contributed by atoms with E-state index < -0.39 is 5.97 Å². The number of fused-ring (bicyclic) bond motifs is 1. The smallest absolute Gasteiger partial charge is 0.328 e. The van der Waals surface area contributed by atoms with E-state index in [1.165, 1.54) is 30.0 Å². The van der Waals surface area contributed by atoms with E-state index in [9.17, 15) is 4.79 Å². The average Bonchev–Trinajstić information content (AvgIpc) is 2.27. The van der Waals surface area contributed by atoms with Gasteiger partial charge in [0, 0.05) is 11.1 Å². The minimum atomic E-state index is -0.934. The molecule has 0 saturated heterocycles. The zero-order chi connectivity index (χ0) is 12.4. The van der Waals surface area contributed by atoms with E-state index >= 15 is 0 Å². The molecule has 0 saturated carbocycles. The van der Waals surface area contributed by atoms with Crippen molar-refractivity contribution in [3.63, 3.8) is 0 Å². The highest BCUT2D eigenvalue weighted by atomic mass is 35.5. The van der Waals surface area contributed by atoms with Gasteiger partial charge in [0.25, 0.3) is 0 Å². The molecule has 0 atom stereocenters.